The molecule has 2 aromatic carbocycles. The van der Waals surface area contributed by atoms with Crippen LogP contribution in [0.1, 0.15) is 6.42 Å². The minimum atomic E-state index is -1.000. The van der Waals surface area contributed by atoms with Crippen LogP contribution in [-0.2, 0) is 0 Å². The lowest BCUT2D eigenvalue weighted by atomic mass is 10.1. The number of nitrogens with one attached hydrogen (secondary N) is 2. The summed E-state index contributed by atoms with van der Waals surface area (Å²) in [5, 5.41) is 25.0. The van der Waals surface area contributed by atoms with Gasteiger partial charge in [0.05, 0.1) is 18.9 Å². The Morgan fingerprint density at radius 1 is 1.06 bits per heavy atom. The molecule has 0 bridgehead atoms. The van der Waals surface area contributed by atoms with Crippen molar-refractivity contribution in [3.63, 3.8) is 0 Å². The largest absolute Gasteiger partial charge is 0.496 e. The molecule has 0 amide bonds. The van der Waals surface area contributed by atoms with Crippen molar-refractivity contribution in [3.05, 3.63) is 61.1 Å². The van der Waals surface area contributed by atoms with Crippen molar-refractivity contribution < 1.29 is 19.4 Å². The standard InChI is InChI=1S/C22H22N6O4/c1-31-17-11-15(7-8-16(17)18-12-23-13-32-18)24-21-26-20(14-5-3-2-4-6-14)27-22(28-21)25-19(30)9-10-29/h2-8,11-13,19,29-30H,9-10H2,1H3,(H2,24,25,26,27,28). The van der Waals surface area contributed by atoms with Crippen molar-refractivity contribution in [2.24, 2.45) is 0 Å². The molecule has 0 radical (unpaired) electrons. The normalized spacial score (nSPS) is 11.7. The lowest BCUT2D eigenvalue weighted by Gasteiger charge is -2.14. The summed E-state index contributed by atoms with van der Waals surface area (Å²) in [6, 6.07) is 14.9. The van der Waals surface area contributed by atoms with Crippen LogP contribution >= 0.6 is 0 Å². The van der Waals surface area contributed by atoms with Gasteiger partial charge in [-0.3, -0.25) is 0 Å². The molecule has 4 aromatic rings. The number of hydrogen-bond acceptors (Lipinski definition) is 10. The molecule has 0 aliphatic rings. The average molecular weight is 434 g/mol. The van der Waals surface area contributed by atoms with Crippen molar-refractivity contribution in [1.82, 2.24) is 19.9 Å². The third kappa shape index (κ3) is 4.99. The van der Waals surface area contributed by atoms with E-state index in [2.05, 4.69) is 30.6 Å². The number of anilines is 3. The van der Waals surface area contributed by atoms with Crippen LogP contribution in [0.2, 0.25) is 0 Å². The summed E-state index contributed by atoms with van der Waals surface area (Å²) >= 11 is 0. The van der Waals surface area contributed by atoms with Crippen LogP contribution in [0.5, 0.6) is 5.75 Å². The highest BCUT2D eigenvalue weighted by Crippen LogP contribution is 2.33. The van der Waals surface area contributed by atoms with Crippen LogP contribution in [0.15, 0.2) is 65.5 Å². The van der Waals surface area contributed by atoms with E-state index in [1.165, 1.54) is 6.39 Å². The van der Waals surface area contributed by atoms with E-state index in [0.717, 1.165) is 11.1 Å². The van der Waals surface area contributed by atoms with Gasteiger partial charge in [-0.2, -0.15) is 15.0 Å². The number of methoxy groups -OCH3 is 1. The molecule has 0 saturated carbocycles. The quantitative estimate of drug-likeness (QED) is 0.291. The molecule has 4 rings (SSSR count). The Bertz CT molecular complexity index is 1150. The molecule has 10 heteroatoms. The Labute approximate surface area is 184 Å². The molecule has 4 N–H and O–H groups in total. The van der Waals surface area contributed by atoms with Crippen LogP contribution in [0.3, 0.4) is 0 Å². The molecule has 2 heterocycles. The van der Waals surface area contributed by atoms with E-state index in [1.54, 1.807) is 19.4 Å². The number of aromatic nitrogens is 4. The minimum absolute atomic E-state index is 0.134. The molecule has 0 spiro atoms. The summed E-state index contributed by atoms with van der Waals surface area (Å²) in [4.78, 5) is 17.2. The van der Waals surface area contributed by atoms with Gasteiger partial charge in [0.1, 0.15) is 12.0 Å². The van der Waals surface area contributed by atoms with Gasteiger partial charge >= 0.3 is 0 Å². The number of aliphatic hydroxyl groups excluding tert-OH is 2. The summed E-state index contributed by atoms with van der Waals surface area (Å²) in [5.74, 6) is 2.04. The monoisotopic (exact) mass is 434 g/mol. The maximum absolute atomic E-state index is 10.0. The molecule has 1 atom stereocenters. The number of rotatable bonds is 9. The number of hydrogen-bond donors (Lipinski definition) is 4. The number of benzene rings is 2. The predicted octanol–water partition coefficient (Wildman–Crippen LogP) is 3.06. The molecule has 0 aliphatic heterocycles. The SMILES string of the molecule is COc1cc(Nc2nc(NC(O)CCO)nc(-c3ccccc3)n2)ccc1-c1cnco1. The summed E-state index contributed by atoms with van der Waals surface area (Å²) < 4.78 is 10.9. The number of ether oxygens (including phenoxy) is 1. The van der Waals surface area contributed by atoms with Gasteiger partial charge in [-0.05, 0) is 12.1 Å². The van der Waals surface area contributed by atoms with Gasteiger partial charge in [-0.15, -0.1) is 0 Å². The highest BCUT2D eigenvalue weighted by Gasteiger charge is 2.14. The molecular formula is C22H22N6O4. The van der Waals surface area contributed by atoms with E-state index in [-0.39, 0.29) is 24.9 Å². The number of aliphatic hydroxyl groups is 2. The van der Waals surface area contributed by atoms with E-state index in [0.29, 0.717) is 23.0 Å². The van der Waals surface area contributed by atoms with Gasteiger partial charge in [-0.1, -0.05) is 30.3 Å². The fourth-order valence-corrected chi connectivity index (χ4v) is 3.01. The smallest absolute Gasteiger partial charge is 0.232 e. The Hall–Kier alpha value is -4.02. The average Bonchev–Trinajstić information content (AvgIpc) is 3.34. The zero-order valence-corrected chi connectivity index (χ0v) is 17.3. The summed E-state index contributed by atoms with van der Waals surface area (Å²) in [7, 11) is 1.57. The second kappa shape index (κ2) is 9.86. The van der Waals surface area contributed by atoms with Crippen LogP contribution in [0.25, 0.3) is 22.7 Å². The first kappa shape index (κ1) is 21.2. The maximum atomic E-state index is 10.0. The fraction of sp³-hybridized carbons (Fsp3) is 0.182. The molecule has 10 nitrogen and oxygen atoms in total. The van der Waals surface area contributed by atoms with Crippen LogP contribution in [-0.4, -0.2) is 50.1 Å². The van der Waals surface area contributed by atoms with E-state index < -0.39 is 6.23 Å². The number of nitrogens with zero attached hydrogens (tertiary/aromatic N) is 4. The van der Waals surface area contributed by atoms with Gasteiger partial charge < -0.3 is 30.0 Å². The summed E-state index contributed by atoms with van der Waals surface area (Å²) in [6.45, 7) is -0.173. The van der Waals surface area contributed by atoms with Crippen LogP contribution in [0, 0.1) is 0 Å². The first-order chi connectivity index (χ1) is 15.7. The van der Waals surface area contributed by atoms with Crippen molar-refractivity contribution in [3.8, 4) is 28.5 Å². The third-order valence-electron chi connectivity index (χ3n) is 4.52. The van der Waals surface area contributed by atoms with Crippen LogP contribution in [0.4, 0.5) is 17.6 Å². The van der Waals surface area contributed by atoms with E-state index in [9.17, 15) is 5.11 Å². The Morgan fingerprint density at radius 2 is 1.88 bits per heavy atom. The van der Waals surface area contributed by atoms with Gasteiger partial charge in [0.2, 0.25) is 11.9 Å². The third-order valence-corrected chi connectivity index (χ3v) is 4.52. The second-order valence-corrected chi connectivity index (χ2v) is 6.75. The van der Waals surface area contributed by atoms with Crippen LogP contribution < -0.4 is 15.4 Å². The van der Waals surface area contributed by atoms with Crippen molar-refractivity contribution >= 4 is 17.6 Å². The van der Waals surface area contributed by atoms with Crippen molar-refractivity contribution in [2.75, 3.05) is 24.4 Å². The Balaban J connectivity index is 1.66. The molecule has 0 saturated heterocycles. The van der Waals surface area contributed by atoms with Gasteiger partial charge in [0.25, 0.3) is 0 Å². The summed E-state index contributed by atoms with van der Waals surface area (Å²) in [5.41, 5.74) is 2.22. The van der Waals surface area contributed by atoms with Gasteiger partial charge in [0.15, 0.2) is 18.0 Å². The second-order valence-electron chi connectivity index (χ2n) is 6.75. The highest BCUT2D eigenvalue weighted by atomic mass is 16.5. The Kier molecular flexibility index (Phi) is 6.54. The fourth-order valence-electron chi connectivity index (χ4n) is 3.01. The highest BCUT2D eigenvalue weighted by molar-refractivity contribution is 5.71. The first-order valence-electron chi connectivity index (χ1n) is 9.87. The molecule has 32 heavy (non-hydrogen) atoms. The molecule has 2 aromatic heterocycles. The zero-order valence-electron chi connectivity index (χ0n) is 17.3. The summed E-state index contributed by atoms with van der Waals surface area (Å²) in [6.07, 6.45) is 2.10. The predicted molar refractivity (Wildman–Crippen MR) is 118 cm³/mol. The van der Waals surface area contributed by atoms with Crippen molar-refractivity contribution in [2.45, 2.75) is 12.6 Å². The van der Waals surface area contributed by atoms with Gasteiger partial charge in [-0.25, -0.2) is 4.98 Å². The molecule has 164 valence electrons. The molecule has 0 aliphatic carbocycles. The van der Waals surface area contributed by atoms with Crippen molar-refractivity contribution in [1.29, 1.82) is 0 Å². The topological polar surface area (TPSA) is 138 Å². The molecular weight excluding hydrogens is 412 g/mol. The lowest BCUT2D eigenvalue weighted by Crippen LogP contribution is -2.22. The lowest BCUT2D eigenvalue weighted by molar-refractivity contribution is 0.154. The van der Waals surface area contributed by atoms with E-state index in [4.69, 9.17) is 14.3 Å². The first-order valence-corrected chi connectivity index (χ1v) is 9.87. The molecule has 1 unspecified atom stereocenters. The maximum Gasteiger partial charge on any atom is 0.232 e. The zero-order chi connectivity index (χ0) is 22.3. The van der Waals surface area contributed by atoms with E-state index in [1.807, 2.05) is 42.5 Å². The van der Waals surface area contributed by atoms with Gasteiger partial charge in [0, 0.05) is 30.3 Å². The minimum Gasteiger partial charge on any atom is -0.496 e. The Morgan fingerprint density at radius 3 is 2.59 bits per heavy atom. The number of oxazole rings is 1. The molecule has 0 fully saturated rings. The van der Waals surface area contributed by atoms with E-state index >= 15 is 0 Å².